The Morgan fingerprint density at radius 2 is 1.87 bits per heavy atom. The summed E-state index contributed by atoms with van der Waals surface area (Å²) in [5.74, 6) is -1.54. The summed E-state index contributed by atoms with van der Waals surface area (Å²) < 4.78 is 10.4. The van der Waals surface area contributed by atoms with E-state index in [1.54, 1.807) is 0 Å². The van der Waals surface area contributed by atoms with E-state index in [1.807, 2.05) is 24.3 Å². The second kappa shape index (κ2) is 10.3. The maximum absolute atomic E-state index is 11.8. The molecule has 6 nitrogen and oxygen atoms in total. The van der Waals surface area contributed by atoms with Gasteiger partial charge in [0, 0.05) is 9.99 Å². The van der Waals surface area contributed by atoms with E-state index >= 15 is 0 Å². The standard InChI is InChI=1S/C16H19IO6/c1-22-16(21)14(19)3-2-8-23-15(20)10-13(18)9-11-4-6-12(17)7-5-11/h4-7,14,19H,2-3,8-10H2,1H3/t14-/m1/s1. The SMILES string of the molecule is COC(=O)[C@H](O)CCCOC(=O)CC(=O)Cc1ccc(I)cc1. The van der Waals surface area contributed by atoms with E-state index in [0.29, 0.717) is 6.42 Å². The monoisotopic (exact) mass is 434 g/mol. The minimum Gasteiger partial charge on any atom is -0.467 e. The summed E-state index contributed by atoms with van der Waals surface area (Å²) in [6.45, 7) is 0.0453. The Hall–Kier alpha value is -1.48. The van der Waals surface area contributed by atoms with Crippen LogP contribution in [0.3, 0.4) is 0 Å². The van der Waals surface area contributed by atoms with E-state index in [9.17, 15) is 19.5 Å². The molecule has 126 valence electrons. The Labute approximate surface area is 148 Å². The molecule has 0 heterocycles. The third-order valence-corrected chi connectivity index (χ3v) is 3.73. The van der Waals surface area contributed by atoms with Crippen molar-refractivity contribution in [1.82, 2.24) is 0 Å². The number of aliphatic hydroxyl groups is 1. The second-order valence-corrected chi connectivity index (χ2v) is 6.17. The predicted molar refractivity (Wildman–Crippen MR) is 90.7 cm³/mol. The maximum Gasteiger partial charge on any atom is 0.334 e. The van der Waals surface area contributed by atoms with E-state index < -0.39 is 18.0 Å². The first-order valence-electron chi connectivity index (χ1n) is 7.10. The van der Waals surface area contributed by atoms with Gasteiger partial charge in [0.15, 0.2) is 6.10 Å². The molecule has 1 rings (SSSR count). The fourth-order valence-electron chi connectivity index (χ4n) is 1.82. The van der Waals surface area contributed by atoms with Gasteiger partial charge in [-0.1, -0.05) is 12.1 Å². The van der Waals surface area contributed by atoms with Gasteiger partial charge >= 0.3 is 11.9 Å². The molecule has 0 bridgehead atoms. The van der Waals surface area contributed by atoms with Gasteiger partial charge in [-0.25, -0.2) is 4.79 Å². The van der Waals surface area contributed by atoms with E-state index in [4.69, 9.17) is 4.74 Å². The van der Waals surface area contributed by atoms with Crippen LogP contribution >= 0.6 is 22.6 Å². The van der Waals surface area contributed by atoms with Gasteiger partial charge in [-0.3, -0.25) is 9.59 Å². The number of halogens is 1. The largest absolute Gasteiger partial charge is 0.467 e. The average molecular weight is 434 g/mol. The van der Waals surface area contributed by atoms with Gasteiger partial charge in [0.1, 0.15) is 12.2 Å². The van der Waals surface area contributed by atoms with Crippen molar-refractivity contribution >= 4 is 40.3 Å². The highest BCUT2D eigenvalue weighted by Crippen LogP contribution is 2.08. The van der Waals surface area contributed by atoms with E-state index in [0.717, 1.165) is 9.13 Å². The van der Waals surface area contributed by atoms with Gasteiger partial charge in [-0.2, -0.15) is 0 Å². The molecule has 1 aromatic carbocycles. The Morgan fingerprint density at radius 3 is 2.48 bits per heavy atom. The third kappa shape index (κ3) is 8.08. The van der Waals surface area contributed by atoms with Crippen molar-refractivity contribution in [2.75, 3.05) is 13.7 Å². The molecule has 1 aromatic rings. The summed E-state index contributed by atoms with van der Waals surface area (Å²) in [6, 6.07) is 7.49. The van der Waals surface area contributed by atoms with Crippen LogP contribution in [0.1, 0.15) is 24.8 Å². The van der Waals surface area contributed by atoms with E-state index in [2.05, 4.69) is 27.3 Å². The summed E-state index contributed by atoms with van der Waals surface area (Å²) in [7, 11) is 1.19. The first-order chi connectivity index (χ1) is 10.9. The van der Waals surface area contributed by atoms with Crippen molar-refractivity contribution in [3.63, 3.8) is 0 Å². The topological polar surface area (TPSA) is 89.9 Å². The molecule has 0 unspecified atom stereocenters. The van der Waals surface area contributed by atoms with Crippen LogP contribution < -0.4 is 0 Å². The van der Waals surface area contributed by atoms with E-state index in [-0.39, 0.29) is 31.7 Å². The molecular weight excluding hydrogens is 415 g/mol. The highest BCUT2D eigenvalue weighted by molar-refractivity contribution is 14.1. The van der Waals surface area contributed by atoms with Crippen molar-refractivity contribution in [3.8, 4) is 0 Å². The summed E-state index contributed by atoms with van der Waals surface area (Å²) in [5, 5.41) is 9.34. The third-order valence-electron chi connectivity index (χ3n) is 3.01. The summed E-state index contributed by atoms with van der Waals surface area (Å²) >= 11 is 2.17. The Morgan fingerprint density at radius 1 is 1.22 bits per heavy atom. The molecule has 0 aliphatic rings. The van der Waals surface area contributed by atoms with Crippen molar-refractivity contribution < 1.29 is 29.0 Å². The smallest absolute Gasteiger partial charge is 0.334 e. The van der Waals surface area contributed by atoms with Crippen LogP contribution in [-0.4, -0.2) is 42.6 Å². The van der Waals surface area contributed by atoms with Gasteiger partial charge in [-0.15, -0.1) is 0 Å². The molecule has 0 saturated heterocycles. The molecule has 0 saturated carbocycles. The number of benzene rings is 1. The van der Waals surface area contributed by atoms with Crippen LogP contribution in [0, 0.1) is 3.57 Å². The zero-order valence-electron chi connectivity index (χ0n) is 12.8. The van der Waals surface area contributed by atoms with Crippen molar-refractivity contribution in [1.29, 1.82) is 0 Å². The molecule has 0 fully saturated rings. The molecule has 7 heteroatoms. The van der Waals surface area contributed by atoms with Crippen molar-refractivity contribution in [2.24, 2.45) is 0 Å². The van der Waals surface area contributed by atoms with Crippen LogP contribution in [0.15, 0.2) is 24.3 Å². The highest BCUT2D eigenvalue weighted by Gasteiger charge is 2.15. The lowest BCUT2D eigenvalue weighted by atomic mass is 10.1. The lowest BCUT2D eigenvalue weighted by Crippen LogP contribution is -2.22. The maximum atomic E-state index is 11.8. The molecule has 0 spiro atoms. The molecule has 1 atom stereocenters. The number of ketones is 1. The molecule has 1 N–H and O–H groups in total. The number of methoxy groups -OCH3 is 1. The average Bonchev–Trinajstić information content (AvgIpc) is 2.52. The fraction of sp³-hybridized carbons (Fsp3) is 0.438. The minimum atomic E-state index is -1.22. The van der Waals surface area contributed by atoms with Crippen LogP contribution in [0.25, 0.3) is 0 Å². The number of carbonyl (C=O) groups is 3. The van der Waals surface area contributed by atoms with Gasteiger partial charge < -0.3 is 14.6 Å². The molecule has 0 aliphatic carbocycles. The normalized spacial score (nSPS) is 11.6. The minimum absolute atomic E-state index is 0.0453. The van der Waals surface area contributed by atoms with Gasteiger partial charge in [0.25, 0.3) is 0 Å². The molecule has 23 heavy (non-hydrogen) atoms. The number of hydrogen-bond acceptors (Lipinski definition) is 6. The van der Waals surface area contributed by atoms with Gasteiger partial charge in [0.2, 0.25) is 0 Å². The summed E-state index contributed by atoms with van der Waals surface area (Å²) in [5.41, 5.74) is 0.851. The zero-order valence-corrected chi connectivity index (χ0v) is 14.9. The number of Topliss-reactive ketones (excluding diaryl/α,β-unsaturated/α-hetero) is 1. The first kappa shape index (κ1) is 19.6. The number of rotatable bonds is 9. The van der Waals surface area contributed by atoms with Crippen molar-refractivity contribution in [2.45, 2.75) is 31.8 Å². The molecule has 0 aliphatic heterocycles. The number of esters is 2. The lowest BCUT2D eigenvalue weighted by Gasteiger charge is -2.08. The lowest BCUT2D eigenvalue weighted by molar-refractivity contribution is -0.151. The fourth-order valence-corrected chi connectivity index (χ4v) is 2.18. The molecule has 0 aromatic heterocycles. The number of carbonyl (C=O) groups excluding carboxylic acids is 3. The van der Waals surface area contributed by atoms with Gasteiger partial charge in [0.05, 0.1) is 13.7 Å². The number of aliphatic hydroxyl groups excluding tert-OH is 1. The number of hydrogen-bond donors (Lipinski definition) is 1. The van der Waals surface area contributed by atoms with Crippen LogP contribution in [0.2, 0.25) is 0 Å². The Balaban J connectivity index is 2.21. The Kier molecular flexibility index (Phi) is 8.78. The summed E-state index contributed by atoms with van der Waals surface area (Å²) in [6.07, 6.45) is -0.871. The quantitative estimate of drug-likeness (QED) is 0.275. The molecular formula is C16H19IO6. The van der Waals surface area contributed by atoms with Crippen LogP contribution in [-0.2, 0) is 30.3 Å². The predicted octanol–water partition coefficient (Wildman–Crippen LogP) is 1.65. The Bertz CT molecular complexity index is 540. The molecule has 0 amide bonds. The zero-order chi connectivity index (χ0) is 17.2. The molecule has 0 radical (unpaired) electrons. The first-order valence-corrected chi connectivity index (χ1v) is 8.18. The van der Waals surface area contributed by atoms with E-state index in [1.165, 1.54) is 7.11 Å². The number of ether oxygens (including phenoxy) is 2. The van der Waals surface area contributed by atoms with Gasteiger partial charge in [-0.05, 0) is 53.1 Å². The summed E-state index contributed by atoms with van der Waals surface area (Å²) in [4.78, 5) is 34.3. The van der Waals surface area contributed by atoms with Crippen LogP contribution in [0.5, 0.6) is 0 Å². The highest BCUT2D eigenvalue weighted by atomic mass is 127. The van der Waals surface area contributed by atoms with Crippen molar-refractivity contribution in [3.05, 3.63) is 33.4 Å². The second-order valence-electron chi connectivity index (χ2n) is 4.92. The van der Waals surface area contributed by atoms with Crippen LogP contribution in [0.4, 0.5) is 0 Å².